The standard InChI is InChI=1S/C20H26N4O3/c1-20(2,3)27-19(26)23-14-13-22-18(25)24(16-7-5-4-6-8-16)17-11-9-15(21)10-12-17/h4-12H,13-14,21H2,1-3H3,(H,22,25)(H,23,26). The number of nitrogens with zero attached hydrogens (tertiary/aromatic N) is 1. The monoisotopic (exact) mass is 370 g/mol. The topological polar surface area (TPSA) is 96.7 Å². The highest BCUT2D eigenvalue weighted by Crippen LogP contribution is 2.25. The van der Waals surface area contributed by atoms with Crippen LogP contribution in [0.1, 0.15) is 20.8 Å². The molecule has 0 aliphatic rings. The minimum atomic E-state index is -0.563. The minimum Gasteiger partial charge on any atom is -0.444 e. The highest BCUT2D eigenvalue weighted by atomic mass is 16.6. The third-order valence-electron chi connectivity index (χ3n) is 3.44. The lowest BCUT2D eigenvalue weighted by molar-refractivity contribution is 0.0528. The average molecular weight is 370 g/mol. The van der Waals surface area contributed by atoms with Crippen LogP contribution in [0, 0.1) is 0 Å². The van der Waals surface area contributed by atoms with Crippen LogP contribution in [-0.4, -0.2) is 30.8 Å². The van der Waals surface area contributed by atoms with Crippen molar-refractivity contribution >= 4 is 29.2 Å². The Bertz CT molecular complexity index is 755. The average Bonchev–Trinajstić information content (AvgIpc) is 2.60. The van der Waals surface area contributed by atoms with E-state index in [9.17, 15) is 9.59 Å². The molecule has 0 aliphatic heterocycles. The Balaban J connectivity index is 1.99. The molecule has 0 fully saturated rings. The lowest BCUT2D eigenvalue weighted by Crippen LogP contribution is -2.42. The normalized spacial score (nSPS) is 10.8. The SMILES string of the molecule is CC(C)(C)OC(=O)NCCNC(=O)N(c1ccccc1)c1ccc(N)cc1. The van der Waals surface area contributed by atoms with E-state index in [1.165, 1.54) is 0 Å². The van der Waals surface area contributed by atoms with Crippen molar-refractivity contribution in [1.29, 1.82) is 0 Å². The summed E-state index contributed by atoms with van der Waals surface area (Å²) < 4.78 is 5.16. The van der Waals surface area contributed by atoms with Crippen molar-refractivity contribution in [3.05, 3.63) is 54.6 Å². The van der Waals surface area contributed by atoms with Gasteiger partial charge in [0, 0.05) is 18.8 Å². The van der Waals surface area contributed by atoms with Gasteiger partial charge in [-0.3, -0.25) is 4.90 Å². The minimum absolute atomic E-state index is 0.255. The van der Waals surface area contributed by atoms with Crippen molar-refractivity contribution < 1.29 is 14.3 Å². The van der Waals surface area contributed by atoms with E-state index in [2.05, 4.69) is 10.6 Å². The van der Waals surface area contributed by atoms with Crippen LogP contribution in [0.4, 0.5) is 26.7 Å². The number of hydrogen-bond donors (Lipinski definition) is 3. The van der Waals surface area contributed by atoms with Crippen molar-refractivity contribution in [2.45, 2.75) is 26.4 Å². The first-order chi connectivity index (χ1) is 12.8. The summed E-state index contributed by atoms with van der Waals surface area (Å²) in [5, 5.41) is 5.41. The highest BCUT2D eigenvalue weighted by Gasteiger charge is 2.18. The number of anilines is 3. The molecule has 0 aliphatic carbocycles. The maximum absolute atomic E-state index is 12.7. The number of hydrogen-bond acceptors (Lipinski definition) is 4. The molecule has 0 bridgehead atoms. The van der Waals surface area contributed by atoms with Crippen LogP contribution in [-0.2, 0) is 4.74 Å². The first kappa shape index (κ1) is 20.1. The van der Waals surface area contributed by atoms with Gasteiger partial charge in [0.2, 0.25) is 0 Å². The molecular formula is C20H26N4O3. The van der Waals surface area contributed by atoms with E-state index in [1.54, 1.807) is 49.9 Å². The molecule has 0 aromatic heterocycles. The molecule has 0 radical (unpaired) electrons. The maximum atomic E-state index is 12.7. The summed E-state index contributed by atoms with van der Waals surface area (Å²) in [5.41, 5.74) is 7.21. The van der Waals surface area contributed by atoms with Crippen molar-refractivity contribution in [2.24, 2.45) is 0 Å². The molecular weight excluding hydrogens is 344 g/mol. The predicted molar refractivity (Wildman–Crippen MR) is 107 cm³/mol. The van der Waals surface area contributed by atoms with Crippen molar-refractivity contribution in [1.82, 2.24) is 10.6 Å². The number of alkyl carbamates (subject to hydrolysis) is 1. The van der Waals surface area contributed by atoms with Crippen LogP contribution in [0.15, 0.2) is 54.6 Å². The molecule has 0 atom stereocenters. The van der Waals surface area contributed by atoms with Gasteiger partial charge in [0.25, 0.3) is 0 Å². The van der Waals surface area contributed by atoms with E-state index < -0.39 is 11.7 Å². The quantitative estimate of drug-likeness (QED) is 0.553. The summed E-state index contributed by atoms with van der Waals surface area (Å²) >= 11 is 0. The number of nitrogens with one attached hydrogen (secondary N) is 2. The zero-order valence-electron chi connectivity index (χ0n) is 15.9. The Kier molecular flexibility index (Phi) is 6.65. The number of carbonyl (C=O) groups excluding carboxylic acids is 2. The first-order valence-electron chi connectivity index (χ1n) is 8.72. The fourth-order valence-corrected chi connectivity index (χ4v) is 2.31. The molecule has 27 heavy (non-hydrogen) atoms. The number of nitrogen functional groups attached to an aromatic ring is 1. The smallest absolute Gasteiger partial charge is 0.407 e. The van der Waals surface area contributed by atoms with E-state index in [1.807, 2.05) is 30.3 Å². The second-order valence-corrected chi connectivity index (χ2v) is 6.92. The number of ether oxygens (including phenoxy) is 1. The fourth-order valence-electron chi connectivity index (χ4n) is 2.31. The van der Waals surface area contributed by atoms with Gasteiger partial charge in [0.1, 0.15) is 5.60 Å². The highest BCUT2D eigenvalue weighted by molar-refractivity contribution is 5.99. The molecule has 2 aromatic rings. The molecule has 0 heterocycles. The summed E-state index contributed by atoms with van der Waals surface area (Å²) in [6.45, 7) is 5.89. The van der Waals surface area contributed by atoms with Gasteiger partial charge in [-0.1, -0.05) is 18.2 Å². The van der Waals surface area contributed by atoms with Crippen LogP contribution in [0.3, 0.4) is 0 Å². The molecule has 4 N–H and O–H groups in total. The zero-order valence-corrected chi connectivity index (χ0v) is 15.9. The number of benzene rings is 2. The maximum Gasteiger partial charge on any atom is 0.407 e. The van der Waals surface area contributed by atoms with Crippen LogP contribution in [0.2, 0.25) is 0 Å². The van der Waals surface area contributed by atoms with Crippen molar-refractivity contribution in [3.8, 4) is 0 Å². The molecule has 7 heteroatoms. The van der Waals surface area contributed by atoms with Gasteiger partial charge in [0.05, 0.1) is 11.4 Å². The molecule has 144 valence electrons. The molecule has 0 saturated carbocycles. The van der Waals surface area contributed by atoms with Gasteiger partial charge in [0.15, 0.2) is 0 Å². The van der Waals surface area contributed by atoms with E-state index in [0.29, 0.717) is 11.4 Å². The Morgan fingerprint density at radius 1 is 0.926 bits per heavy atom. The van der Waals surface area contributed by atoms with E-state index >= 15 is 0 Å². The third-order valence-corrected chi connectivity index (χ3v) is 3.44. The van der Waals surface area contributed by atoms with Crippen molar-refractivity contribution in [3.63, 3.8) is 0 Å². The van der Waals surface area contributed by atoms with Gasteiger partial charge in [-0.2, -0.15) is 0 Å². The fraction of sp³-hybridized carbons (Fsp3) is 0.300. The van der Waals surface area contributed by atoms with Gasteiger partial charge < -0.3 is 21.1 Å². The van der Waals surface area contributed by atoms with E-state index in [0.717, 1.165) is 5.69 Å². The van der Waals surface area contributed by atoms with Gasteiger partial charge >= 0.3 is 12.1 Å². The molecule has 0 spiro atoms. The molecule has 2 aromatic carbocycles. The number of urea groups is 1. The molecule has 2 rings (SSSR count). The van der Waals surface area contributed by atoms with Crippen LogP contribution < -0.4 is 21.3 Å². The van der Waals surface area contributed by atoms with Gasteiger partial charge in [-0.25, -0.2) is 9.59 Å². The largest absolute Gasteiger partial charge is 0.444 e. The lowest BCUT2D eigenvalue weighted by Gasteiger charge is -2.24. The molecule has 7 nitrogen and oxygen atoms in total. The summed E-state index contributed by atoms with van der Waals surface area (Å²) in [4.78, 5) is 25.9. The van der Waals surface area contributed by atoms with Gasteiger partial charge in [-0.15, -0.1) is 0 Å². The lowest BCUT2D eigenvalue weighted by atomic mass is 10.2. The number of carbonyl (C=O) groups is 2. The number of rotatable bonds is 5. The Morgan fingerprint density at radius 2 is 1.48 bits per heavy atom. The Hall–Kier alpha value is -3.22. The number of para-hydroxylation sites is 1. The van der Waals surface area contributed by atoms with Crippen LogP contribution >= 0.6 is 0 Å². The second-order valence-electron chi connectivity index (χ2n) is 6.92. The molecule has 3 amide bonds. The van der Waals surface area contributed by atoms with E-state index in [4.69, 9.17) is 10.5 Å². The number of amides is 3. The summed E-state index contributed by atoms with van der Waals surface area (Å²) in [6.07, 6.45) is -0.518. The summed E-state index contributed by atoms with van der Waals surface area (Å²) in [7, 11) is 0. The third kappa shape index (κ3) is 6.54. The molecule has 0 unspecified atom stereocenters. The summed E-state index contributed by atoms with van der Waals surface area (Å²) in [6, 6.07) is 16.0. The number of nitrogens with two attached hydrogens (primary N) is 1. The van der Waals surface area contributed by atoms with Gasteiger partial charge in [-0.05, 0) is 57.2 Å². The zero-order chi connectivity index (χ0) is 19.9. The second kappa shape index (κ2) is 8.93. The van der Waals surface area contributed by atoms with Crippen LogP contribution in [0.5, 0.6) is 0 Å². The van der Waals surface area contributed by atoms with Crippen LogP contribution in [0.25, 0.3) is 0 Å². The van der Waals surface area contributed by atoms with Crippen molar-refractivity contribution in [2.75, 3.05) is 23.7 Å². The summed E-state index contributed by atoms with van der Waals surface area (Å²) in [5.74, 6) is 0. The van der Waals surface area contributed by atoms with E-state index in [-0.39, 0.29) is 19.1 Å². The first-order valence-corrected chi connectivity index (χ1v) is 8.72. The Morgan fingerprint density at radius 3 is 2.07 bits per heavy atom. The predicted octanol–water partition coefficient (Wildman–Crippen LogP) is 3.64. The Labute approximate surface area is 159 Å². The molecule has 0 saturated heterocycles.